The van der Waals surface area contributed by atoms with Gasteiger partial charge in [-0.25, -0.2) is 4.79 Å². The molecule has 92 heavy (non-hydrogen) atoms. The van der Waals surface area contributed by atoms with E-state index in [4.69, 9.17) is 62.4 Å². The van der Waals surface area contributed by atoms with Crippen LogP contribution < -0.4 is 33.8 Å². The minimum absolute atomic E-state index is 0.00672. The quantitative estimate of drug-likeness (QED) is 0.0145. The van der Waals surface area contributed by atoms with Crippen molar-refractivity contribution in [1.29, 1.82) is 0 Å². The number of likely N-dealkylation sites (N-methyl/N-ethyl adjacent to an activating group) is 1. The number of hydrogen-bond donors (Lipinski definition) is 5. The van der Waals surface area contributed by atoms with Crippen molar-refractivity contribution < 1.29 is 77.5 Å². The molecule has 5 N–H and O–H groups in total. The summed E-state index contributed by atoms with van der Waals surface area (Å²) in [5, 5.41) is 44.6. The second-order valence-corrected chi connectivity index (χ2v) is 25.0. The molecule has 0 saturated carbocycles. The summed E-state index contributed by atoms with van der Waals surface area (Å²) in [5.41, 5.74) is 6.61. The first-order valence-electron chi connectivity index (χ1n) is 31.1. The van der Waals surface area contributed by atoms with Gasteiger partial charge in [-0.05, 0) is 78.2 Å². The van der Waals surface area contributed by atoms with Crippen LogP contribution in [0.3, 0.4) is 0 Å². The van der Waals surface area contributed by atoms with Crippen LogP contribution in [0.5, 0.6) is 52.3 Å². The molecule has 2 aromatic carbocycles. The van der Waals surface area contributed by atoms with E-state index in [1.54, 1.807) is 32.4 Å². The first-order chi connectivity index (χ1) is 44.5. The van der Waals surface area contributed by atoms with E-state index in [0.717, 1.165) is 37.2 Å². The smallest absolute Gasteiger partial charge is 0.335 e. The SMILES string of the molecule is CC=C1CC2C=Nc3cc(OCc4cc(OCCN(C)CC(C)(C)Sc5cc(O)n(CCCNCCOCCOCCOCCOCCC(=O)On6c(O)ccc6O)c5O)cc(COc5cc6c(cc5OC)C(=O)N5CC(=CC)CC5C=N6)n4)c(OC)cc3CN2C1. The van der Waals surface area contributed by atoms with Crippen LogP contribution in [-0.2, 0) is 50.0 Å². The second kappa shape index (κ2) is 33.1. The van der Waals surface area contributed by atoms with Crippen LogP contribution in [0.15, 0.2) is 92.8 Å². The van der Waals surface area contributed by atoms with E-state index >= 15 is 0 Å². The van der Waals surface area contributed by atoms with Gasteiger partial charge in [0.2, 0.25) is 17.6 Å². The Labute approximate surface area is 541 Å². The maximum atomic E-state index is 13.8. The fourth-order valence-corrected chi connectivity index (χ4v) is 12.4. The fourth-order valence-electron chi connectivity index (χ4n) is 11.2. The summed E-state index contributed by atoms with van der Waals surface area (Å²) >= 11 is 1.49. The van der Waals surface area contributed by atoms with Crippen molar-refractivity contribution in [2.75, 3.05) is 120 Å². The molecule has 498 valence electrons. The minimum Gasteiger partial charge on any atom is -0.494 e. The van der Waals surface area contributed by atoms with Crippen LogP contribution in [0.1, 0.15) is 80.7 Å². The number of methoxy groups -OCH3 is 2. The molecule has 25 nitrogen and oxygen atoms in total. The summed E-state index contributed by atoms with van der Waals surface area (Å²) in [6.45, 7) is 16.6. The Morgan fingerprint density at radius 2 is 1.32 bits per heavy atom. The molecule has 1 amide bonds. The van der Waals surface area contributed by atoms with Crippen LogP contribution >= 0.6 is 11.8 Å². The van der Waals surface area contributed by atoms with Crippen LogP contribution in [0.4, 0.5) is 11.4 Å². The van der Waals surface area contributed by atoms with Crippen molar-refractivity contribution >= 4 is 47.4 Å². The minimum atomic E-state index is -0.675. The molecule has 0 bridgehead atoms. The summed E-state index contributed by atoms with van der Waals surface area (Å²) in [4.78, 5) is 52.2. The number of carbonyl (C=O) groups is 2. The van der Waals surface area contributed by atoms with Crippen molar-refractivity contribution in [2.45, 2.75) is 101 Å². The predicted molar refractivity (Wildman–Crippen MR) is 346 cm³/mol. The molecular weight excluding hydrogens is 1210 g/mol. The number of pyridine rings is 1. The molecule has 7 heterocycles. The van der Waals surface area contributed by atoms with E-state index in [-0.39, 0.29) is 67.3 Å². The largest absolute Gasteiger partial charge is 0.494 e. The number of thioether (sulfide) groups is 1. The van der Waals surface area contributed by atoms with Crippen molar-refractivity contribution in [2.24, 2.45) is 9.98 Å². The Morgan fingerprint density at radius 3 is 1.99 bits per heavy atom. The summed E-state index contributed by atoms with van der Waals surface area (Å²) in [7, 11) is 5.20. The van der Waals surface area contributed by atoms with Gasteiger partial charge in [0.05, 0.1) is 113 Å². The lowest BCUT2D eigenvalue weighted by Gasteiger charge is -2.29. The van der Waals surface area contributed by atoms with Gasteiger partial charge in [0.1, 0.15) is 25.6 Å². The Balaban J connectivity index is 0.714. The highest BCUT2D eigenvalue weighted by atomic mass is 32.2. The topological polar surface area (TPSA) is 277 Å². The maximum Gasteiger partial charge on any atom is 0.335 e. The molecule has 4 aliphatic heterocycles. The lowest BCUT2D eigenvalue weighted by atomic mass is 10.1. The fraction of sp³-hybridized carbons (Fsp3) is 0.500. The Morgan fingerprint density at radius 1 is 0.707 bits per heavy atom. The van der Waals surface area contributed by atoms with Crippen molar-refractivity contribution in [1.82, 2.24) is 34.3 Å². The molecule has 0 radical (unpaired) electrons. The number of hydrogen-bond acceptors (Lipinski definition) is 23. The lowest BCUT2D eigenvalue weighted by molar-refractivity contribution is -0.146. The van der Waals surface area contributed by atoms with Gasteiger partial charge in [0.15, 0.2) is 28.9 Å². The van der Waals surface area contributed by atoms with Gasteiger partial charge in [0, 0.05) is 111 Å². The first kappa shape index (κ1) is 68.5. The van der Waals surface area contributed by atoms with Gasteiger partial charge in [-0.2, -0.15) is 0 Å². The molecular formula is C66H87N9O16S. The number of benzene rings is 2. The number of ether oxygens (including phenoxy) is 9. The Bertz CT molecular complexity index is 3420. The van der Waals surface area contributed by atoms with Gasteiger partial charge < -0.3 is 83.0 Å². The third-order valence-corrected chi connectivity index (χ3v) is 17.1. The summed E-state index contributed by atoms with van der Waals surface area (Å²) in [5.74, 6) is 0.945. The number of aromatic nitrogens is 3. The molecule has 26 heteroatoms. The molecule has 0 aliphatic carbocycles. The van der Waals surface area contributed by atoms with Gasteiger partial charge in [-0.15, -0.1) is 16.5 Å². The summed E-state index contributed by atoms with van der Waals surface area (Å²) in [6, 6.07) is 15.2. The van der Waals surface area contributed by atoms with Gasteiger partial charge in [0.25, 0.3) is 5.91 Å². The Kier molecular flexibility index (Phi) is 24.7. The van der Waals surface area contributed by atoms with Crippen molar-refractivity contribution in [3.8, 4) is 52.3 Å². The summed E-state index contributed by atoms with van der Waals surface area (Å²) in [6.07, 6.45) is 10.4. The average molecular weight is 1290 g/mol. The number of aromatic hydroxyl groups is 4. The zero-order valence-electron chi connectivity index (χ0n) is 53.6. The number of fused-ring (bicyclic) bond motifs is 4. The van der Waals surface area contributed by atoms with E-state index in [1.807, 2.05) is 55.6 Å². The number of allylic oxidation sites excluding steroid dienone is 2. The van der Waals surface area contributed by atoms with E-state index < -0.39 is 17.7 Å². The van der Waals surface area contributed by atoms with Crippen molar-refractivity contribution in [3.05, 3.63) is 100 Å². The average Bonchev–Trinajstić information content (AvgIpc) is 1.60. The monoisotopic (exact) mass is 1290 g/mol. The second-order valence-electron chi connectivity index (χ2n) is 23.2. The van der Waals surface area contributed by atoms with Crippen LogP contribution in [0, 0.1) is 0 Å². The Hall–Kier alpha value is -7.82. The van der Waals surface area contributed by atoms with Gasteiger partial charge in [-0.1, -0.05) is 23.3 Å². The lowest BCUT2D eigenvalue weighted by Crippen LogP contribution is -2.36. The van der Waals surface area contributed by atoms with Crippen LogP contribution in [0.25, 0.3) is 0 Å². The molecule has 2 fully saturated rings. The number of aliphatic imine (C=N–C) groups is 2. The molecule has 2 unspecified atom stereocenters. The van der Waals surface area contributed by atoms with E-state index in [9.17, 15) is 30.0 Å². The molecule has 5 aromatic rings. The predicted octanol–water partition coefficient (Wildman–Crippen LogP) is 7.77. The van der Waals surface area contributed by atoms with Gasteiger partial charge in [-0.3, -0.25) is 29.2 Å². The molecule has 2 atom stereocenters. The molecule has 2 saturated heterocycles. The summed E-state index contributed by atoms with van der Waals surface area (Å²) < 4.78 is 54.9. The van der Waals surface area contributed by atoms with E-state index in [0.29, 0.717) is 153 Å². The van der Waals surface area contributed by atoms with Crippen LogP contribution in [-0.4, -0.2) is 211 Å². The molecule has 0 spiro atoms. The highest BCUT2D eigenvalue weighted by Crippen LogP contribution is 2.44. The zero-order valence-corrected chi connectivity index (χ0v) is 54.4. The number of nitrogens with zero attached hydrogens (tertiary/aromatic N) is 8. The third kappa shape index (κ3) is 18.7. The maximum absolute atomic E-state index is 13.8. The number of nitrogens with one attached hydrogen (secondary N) is 1. The molecule has 3 aromatic heterocycles. The standard InChI is InChI=1S/C66H87N9O16S/c1-8-44-27-49-36-68-53-33-57(55(82-6)29-46(53)40-72(49)38-44)89-41-47-30-51(31-48(70-47)42-90-58-34-54-52(32-56(58)83-7)64(80)74-39-45(9-2)28-50(74)37-69-54)88-20-17-71(5)43-66(3,4)92-59-35-62(78)73(65(59)81)16-10-14-67-15-19-85-22-24-87-26-25-86-23-21-84-18-13-63(79)91-75-60(76)11-12-61(75)77/h8-9,11-12,29-37,49-50,67,76-78,81H,10,13-28,38-43H2,1-7H3. The molecule has 9 rings (SSSR count). The third-order valence-electron chi connectivity index (χ3n) is 15.9. The normalized spacial score (nSPS) is 17.0. The number of rotatable bonds is 36. The molecule has 4 aliphatic rings. The number of amides is 1. The van der Waals surface area contributed by atoms with Gasteiger partial charge >= 0.3 is 5.97 Å². The van der Waals surface area contributed by atoms with Crippen LogP contribution in [0.2, 0.25) is 0 Å². The number of carbonyl (C=O) groups excluding carboxylic acids is 2. The van der Waals surface area contributed by atoms with E-state index in [2.05, 4.69) is 48.0 Å². The zero-order chi connectivity index (χ0) is 65.2. The van der Waals surface area contributed by atoms with E-state index in [1.165, 1.54) is 39.6 Å². The highest BCUT2D eigenvalue weighted by molar-refractivity contribution is 8.00. The highest BCUT2D eigenvalue weighted by Gasteiger charge is 2.35. The first-order valence-corrected chi connectivity index (χ1v) is 31.9. The van der Waals surface area contributed by atoms with Crippen molar-refractivity contribution in [3.63, 3.8) is 0 Å².